The van der Waals surface area contributed by atoms with Crippen LogP contribution in [0.25, 0.3) is 22.2 Å². The molecule has 0 radical (unpaired) electrons. The number of rotatable bonds is 6. The van der Waals surface area contributed by atoms with Gasteiger partial charge in [-0.05, 0) is 49.2 Å². The van der Waals surface area contributed by atoms with Crippen molar-refractivity contribution in [2.24, 2.45) is 0 Å². The van der Waals surface area contributed by atoms with E-state index < -0.39 is 0 Å². The SMILES string of the molecule is Cc1nc(CCC(=O)NCc2ccc3[nH]c(-c4ccccc4F)c(C)c3c2)n[nH]1. The van der Waals surface area contributed by atoms with Gasteiger partial charge < -0.3 is 10.3 Å². The lowest BCUT2D eigenvalue weighted by molar-refractivity contribution is -0.121. The van der Waals surface area contributed by atoms with Crippen LogP contribution >= 0.6 is 0 Å². The summed E-state index contributed by atoms with van der Waals surface area (Å²) in [7, 11) is 0. The normalized spacial score (nSPS) is 11.1. The van der Waals surface area contributed by atoms with Crippen LogP contribution < -0.4 is 5.32 Å². The number of carbonyl (C=O) groups excluding carboxylic acids is 1. The number of hydrogen-bond donors (Lipinski definition) is 3. The lowest BCUT2D eigenvalue weighted by Crippen LogP contribution is -2.23. The first-order valence-corrected chi connectivity index (χ1v) is 9.52. The van der Waals surface area contributed by atoms with Crippen LogP contribution in [0, 0.1) is 19.7 Å². The van der Waals surface area contributed by atoms with E-state index in [0.29, 0.717) is 30.8 Å². The summed E-state index contributed by atoms with van der Waals surface area (Å²) >= 11 is 0. The molecular weight excluding hydrogens is 369 g/mol. The van der Waals surface area contributed by atoms with Crippen molar-refractivity contribution in [1.82, 2.24) is 25.5 Å². The van der Waals surface area contributed by atoms with Crippen LogP contribution in [0.2, 0.25) is 0 Å². The van der Waals surface area contributed by atoms with Crippen molar-refractivity contribution in [3.05, 3.63) is 71.1 Å². The van der Waals surface area contributed by atoms with Crippen LogP contribution in [-0.2, 0) is 17.8 Å². The number of aryl methyl sites for hydroxylation is 3. The number of fused-ring (bicyclic) bond motifs is 1. The number of carbonyl (C=O) groups is 1. The average Bonchev–Trinajstić information content (AvgIpc) is 3.28. The smallest absolute Gasteiger partial charge is 0.220 e. The minimum absolute atomic E-state index is 0.0506. The number of hydrogen-bond acceptors (Lipinski definition) is 3. The fraction of sp³-hybridized carbons (Fsp3) is 0.227. The molecule has 2 aromatic carbocycles. The van der Waals surface area contributed by atoms with Gasteiger partial charge in [0.1, 0.15) is 11.6 Å². The molecule has 0 atom stereocenters. The Morgan fingerprint density at radius 3 is 2.76 bits per heavy atom. The zero-order valence-corrected chi connectivity index (χ0v) is 16.3. The van der Waals surface area contributed by atoms with Crippen molar-refractivity contribution < 1.29 is 9.18 Å². The fourth-order valence-corrected chi connectivity index (χ4v) is 3.43. The van der Waals surface area contributed by atoms with Crippen LogP contribution in [-0.4, -0.2) is 26.1 Å². The third-order valence-corrected chi connectivity index (χ3v) is 4.97. The maximum Gasteiger partial charge on any atom is 0.220 e. The number of aromatic nitrogens is 4. The predicted molar refractivity (Wildman–Crippen MR) is 110 cm³/mol. The summed E-state index contributed by atoms with van der Waals surface area (Å²) in [5.41, 5.74) is 4.25. The number of nitrogens with one attached hydrogen (secondary N) is 3. The first-order chi connectivity index (χ1) is 14.0. The lowest BCUT2D eigenvalue weighted by atomic mass is 10.0. The molecule has 2 aromatic heterocycles. The third-order valence-electron chi connectivity index (χ3n) is 4.97. The van der Waals surface area contributed by atoms with Crippen LogP contribution in [0.15, 0.2) is 42.5 Å². The van der Waals surface area contributed by atoms with Gasteiger partial charge in [-0.1, -0.05) is 18.2 Å². The van der Waals surface area contributed by atoms with E-state index in [1.165, 1.54) is 6.07 Å². The van der Waals surface area contributed by atoms with E-state index in [-0.39, 0.29) is 11.7 Å². The van der Waals surface area contributed by atoms with Crippen molar-refractivity contribution >= 4 is 16.8 Å². The Morgan fingerprint density at radius 1 is 1.17 bits per heavy atom. The summed E-state index contributed by atoms with van der Waals surface area (Å²) in [4.78, 5) is 19.6. The molecule has 148 valence electrons. The molecule has 6 nitrogen and oxygen atoms in total. The van der Waals surface area contributed by atoms with Gasteiger partial charge in [0.2, 0.25) is 5.91 Å². The number of benzene rings is 2. The maximum atomic E-state index is 14.2. The first kappa shape index (κ1) is 18.9. The zero-order chi connectivity index (χ0) is 20.4. The highest BCUT2D eigenvalue weighted by Crippen LogP contribution is 2.31. The highest BCUT2D eigenvalue weighted by atomic mass is 19.1. The second kappa shape index (κ2) is 7.87. The topological polar surface area (TPSA) is 86.5 Å². The number of halogens is 1. The third kappa shape index (κ3) is 4.03. The lowest BCUT2D eigenvalue weighted by Gasteiger charge is -2.05. The molecule has 4 rings (SSSR count). The van der Waals surface area contributed by atoms with Gasteiger partial charge in [-0.3, -0.25) is 9.89 Å². The highest BCUT2D eigenvalue weighted by Gasteiger charge is 2.13. The van der Waals surface area contributed by atoms with Gasteiger partial charge in [-0.15, -0.1) is 0 Å². The molecule has 4 aromatic rings. The van der Waals surface area contributed by atoms with Crippen LogP contribution in [0.5, 0.6) is 0 Å². The maximum absolute atomic E-state index is 14.2. The molecule has 1 amide bonds. The number of aromatic amines is 2. The van der Waals surface area contributed by atoms with E-state index in [9.17, 15) is 9.18 Å². The van der Waals surface area contributed by atoms with Crippen molar-refractivity contribution in [3.63, 3.8) is 0 Å². The summed E-state index contributed by atoms with van der Waals surface area (Å²) in [5, 5.41) is 10.8. The Hall–Kier alpha value is -3.48. The molecule has 0 unspecified atom stereocenters. The van der Waals surface area contributed by atoms with E-state index in [2.05, 4.69) is 25.5 Å². The van der Waals surface area contributed by atoms with Crippen LogP contribution in [0.1, 0.15) is 29.2 Å². The summed E-state index contributed by atoms with van der Waals surface area (Å²) in [6, 6.07) is 12.7. The molecule has 2 heterocycles. The number of nitrogens with zero attached hydrogens (tertiary/aromatic N) is 2. The van der Waals surface area contributed by atoms with E-state index >= 15 is 0 Å². The summed E-state index contributed by atoms with van der Waals surface area (Å²) in [5.74, 6) is 1.08. The predicted octanol–water partition coefficient (Wildman–Crippen LogP) is 3.96. The van der Waals surface area contributed by atoms with Gasteiger partial charge in [-0.2, -0.15) is 5.10 Å². The summed E-state index contributed by atoms with van der Waals surface area (Å²) < 4.78 is 14.2. The Kier molecular flexibility index (Phi) is 5.12. The standard InChI is InChI=1S/C22H22FN5O/c1-13-17-11-15(12-24-21(29)10-9-20-25-14(2)27-28-20)7-8-19(17)26-22(13)16-5-3-4-6-18(16)23/h3-8,11,26H,9-10,12H2,1-2H3,(H,24,29)(H,25,27,28). The molecule has 0 spiro atoms. The van der Waals surface area contributed by atoms with Crippen LogP contribution in [0.4, 0.5) is 4.39 Å². The Morgan fingerprint density at radius 2 is 2.00 bits per heavy atom. The van der Waals surface area contributed by atoms with Gasteiger partial charge in [-0.25, -0.2) is 9.37 Å². The van der Waals surface area contributed by atoms with E-state index in [4.69, 9.17) is 0 Å². The Balaban J connectivity index is 1.45. The highest BCUT2D eigenvalue weighted by molar-refractivity contribution is 5.91. The van der Waals surface area contributed by atoms with Gasteiger partial charge in [0.15, 0.2) is 5.82 Å². The molecule has 0 bridgehead atoms. The summed E-state index contributed by atoms with van der Waals surface area (Å²) in [6.45, 7) is 4.23. The molecule has 29 heavy (non-hydrogen) atoms. The molecule has 0 saturated heterocycles. The largest absolute Gasteiger partial charge is 0.354 e. The number of H-pyrrole nitrogens is 2. The fourth-order valence-electron chi connectivity index (χ4n) is 3.43. The monoisotopic (exact) mass is 391 g/mol. The minimum Gasteiger partial charge on any atom is -0.354 e. The minimum atomic E-state index is -0.253. The molecule has 0 saturated carbocycles. The van der Waals surface area contributed by atoms with Gasteiger partial charge in [0.05, 0.1) is 5.69 Å². The number of amides is 1. The molecule has 3 N–H and O–H groups in total. The van der Waals surface area contributed by atoms with Crippen molar-refractivity contribution in [2.45, 2.75) is 33.2 Å². The molecule has 0 aliphatic rings. The molecule has 0 aliphatic carbocycles. The van der Waals surface area contributed by atoms with Gasteiger partial charge in [0, 0.05) is 35.9 Å². The second-order valence-corrected chi connectivity index (χ2v) is 7.10. The Bertz CT molecular complexity index is 1180. The molecule has 0 fully saturated rings. The van der Waals surface area contributed by atoms with Crippen LogP contribution in [0.3, 0.4) is 0 Å². The molecule has 0 aliphatic heterocycles. The average molecular weight is 391 g/mol. The van der Waals surface area contributed by atoms with Crippen molar-refractivity contribution in [1.29, 1.82) is 0 Å². The zero-order valence-electron chi connectivity index (χ0n) is 16.3. The second-order valence-electron chi connectivity index (χ2n) is 7.10. The van der Waals surface area contributed by atoms with Crippen molar-refractivity contribution in [3.8, 4) is 11.3 Å². The van der Waals surface area contributed by atoms with Crippen molar-refractivity contribution in [2.75, 3.05) is 0 Å². The van der Waals surface area contributed by atoms with E-state index in [1.807, 2.05) is 38.1 Å². The van der Waals surface area contributed by atoms with E-state index in [0.717, 1.165) is 33.5 Å². The summed E-state index contributed by atoms with van der Waals surface area (Å²) in [6.07, 6.45) is 0.832. The van der Waals surface area contributed by atoms with E-state index in [1.54, 1.807) is 12.1 Å². The van der Waals surface area contributed by atoms with Gasteiger partial charge in [0.25, 0.3) is 0 Å². The first-order valence-electron chi connectivity index (χ1n) is 9.52. The molecular formula is C22H22FN5O. The van der Waals surface area contributed by atoms with Gasteiger partial charge >= 0.3 is 0 Å². The Labute approximate surface area is 167 Å². The molecule has 7 heteroatoms. The quantitative estimate of drug-likeness (QED) is 0.465.